The molecule has 0 bridgehead atoms. The number of carbonyl (C=O) groups is 1. The summed E-state index contributed by atoms with van der Waals surface area (Å²) in [5.74, 6) is 0.716. The zero-order valence-electron chi connectivity index (χ0n) is 11.3. The molecule has 0 aromatic heterocycles. The molecule has 0 heterocycles. The minimum atomic E-state index is 0.167. The molecule has 0 fully saturated rings. The fourth-order valence-electron chi connectivity index (χ4n) is 1.67. The number of hydrogen-bond donors (Lipinski definition) is 2. The molecule has 0 aromatic carbocycles. The van der Waals surface area contributed by atoms with Gasteiger partial charge in [-0.1, -0.05) is 6.92 Å². The minimum Gasteiger partial charge on any atom is -0.385 e. The molecule has 0 rings (SSSR count). The molecule has 102 valence electrons. The van der Waals surface area contributed by atoms with E-state index >= 15 is 0 Å². The van der Waals surface area contributed by atoms with Gasteiger partial charge >= 0.3 is 0 Å². The van der Waals surface area contributed by atoms with Crippen molar-refractivity contribution < 1.29 is 9.53 Å². The summed E-state index contributed by atoms with van der Waals surface area (Å²) >= 11 is 0. The van der Waals surface area contributed by atoms with E-state index in [1.54, 1.807) is 7.11 Å². The predicted octanol–water partition coefficient (Wildman–Crippen LogP) is 1.68. The molecule has 0 saturated heterocycles. The van der Waals surface area contributed by atoms with Crippen LogP contribution in [0.3, 0.4) is 0 Å². The van der Waals surface area contributed by atoms with Crippen LogP contribution >= 0.6 is 0 Å². The Kier molecular flexibility index (Phi) is 11.4. The summed E-state index contributed by atoms with van der Waals surface area (Å²) in [6.45, 7) is 4.45. The molecule has 17 heavy (non-hydrogen) atoms. The molecule has 0 saturated carbocycles. The monoisotopic (exact) mass is 244 g/mol. The smallest absolute Gasteiger partial charge is 0.220 e. The first-order valence-corrected chi connectivity index (χ1v) is 6.66. The SMILES string of the molecule is COCCCCCNC(=O)CCC(C)CCN. The van der Waals surface area contributed by atoms with E-state index in [9.17, 15) is 4.79 Å². The summed E-state index contributed by atoms with van der Waals surface area (Å²) in [4.78, 5) is 11.5. The number of amides is 1. The van der Waals surface area contributed by atoms with Gasteiger partial charge in [0.25, 0.3) is 0 Å². The van der Waals surface area contributed by atoms with Gasteiger partial charge in [0.05, 0.1) is 0 Å². The van der Waals surface area contributed by atoms with E-state index in [2.05, 4.69) is 12.2 Å². The lowest BCUT2D eigenvalue weighted by molar-refractivity contribution is -0.121. The molecule has 4 heteroatoms. The van der Waals surface area contributed by atoms with Crippen LogP contribution in [0.1, 0.15) is 45.4 Å². The largest absolute Gasteiger partial charge is 0.385 e. The Morgan fingerprint density at radius 3 is 2.71 bits per heavy atom. The number of unbranched alkanes of at least 4 members (excludes halogenated alkanes) is 2. The number of carbonyl (C=O) groups excluding carboxylic acids is 1. The Morgan fingerprint density at radius 1 is 1.29 bits per heavy atom. The Balaban J connectivity index is 3.28. The maximum absolute atomic E-state index is 11.5. The molecule has 0 aliphatic rings. The highest BCUT2D eigenvalue weighted by molar-refractivity contribution is 5.75. The Labute approximate surface area is 105 Å². The maximum atomic E-state index is 11.5. The molecule has 0 aliphatic carbocycles. The molecule has 3 N–H and O–H groups in total. The van der Waals surface area contributed by atoms with Crippen LogP contribution in [-0.2, 0) is 9.53 Å². The Hall–Kier alpha value is -0.610. The summed E-state index contributed by atoms with van der Waals surface area (Å²) in [7, 11) is 1.71. The van der Waals surface area contributed by atoms with Crippen molar-refractivity contribution in [2.45, 2.75) is 45.4 Å². The molecule has 0 spiro atoms. The van der Waals surface area contributed by atoms with Gasteiger partial charge in [0.15, 0.2) is 0 Å². The Morgan fingerprint density at radius 2 is 2.06 bits per heavy atom. The zero-order chi connectivity index (χ0) is 12.9. The van der Waals surface area contributed by atoms with Crippen LogP contribution < -0.4 is 11.1 Å². The van der Waals surface area contributed by atoms with E-state index in [1.165, 1.54) is 0 Å². The number of ether oxygens (including phenoxy) is 1. The molecule has 0 aliphatic heterocycles. The van der Waals surface area contributed by atoms with Crippen molar-refractivity contribution in [3.63, 3.8) is 0 Å². The van der Waals surface area contributed by atoms with Crippen LogP contribution in [0.4, 0.5) is 0 Å². The number of methoxy groups -OCH3 is 1. The molecule has 1 amide bonds. The van der Waals surface area contributed by atoms with Crippen molar-refractivity contribution in [3.8, 4) is 0 Å². The van der Waals surface area contributed by atoms with Gasteiger partial charge in [-0.2, -0.15) is 0 Å². The maximum Gasteiger partial charge on any atom is 0.220 e. The van der Waals surface area contributed by atoms with Crippen LogP contribution in [0.25, 0.3) is 0 Å². The first kappa shape index (κ1) is 16.4. The number of rotatable bonds is 11. The van der Waals surface area contributed by atoms with Gasteiger partial charge in [-0.15, -0.1) is 0 Å². The van der Waals surface area contributed by atoms with Gasteiger partial charge in [0.1, 0.15) is 0 Å². The highest BCUT2D eigenvalue weighted by Gasteiger charge is 2.05. The van der Waals surface area contributed by atoms with E-state index < -0.39 is 0 Å². The minimum absolute atomic E-state index is 0.167. The fraction of sp³-hybridized carbons (Fsp3) is 0.923. The van der Waals surface area contributed by atoms with Gasteiger partial charge in [-0.05, 0) is 44.6 Å². The lowest BCUT2D eigenvalue weighted by atomic mass is 10.0. The number of nitrogens with two attached hydrogens (primary N) is 1. The van der Waals surface area contributed by atoms with Crippen molar-refractivity contribution in [2.75, 3.05) is 26.8 Å². The quantitative estimate of drug-likeness (QED) is 0.544. The average Bonchev–Trinajstić information content (AvgIpc) is 2.31. The summed E-state index contributed by atoms with van der Waals surface area (Å²) < 4.78 is 4.96. The van der Waals surface area contributed by atoms with E-state index in [1.807, 2.05) is 0 Å². The van der Waals surface area contributed by atoms with Crippen LogP contribution in [0.2, 0.25) is 0 Å². The van der Waals surface area contributed by atoms with Crippen LogP contribution in [0, 0.1) is 5.92 Å². The Bertz CT molecular complexity index is 186. The predicted molar refractivity (Wildman–Crippen MR) is 70.8 cm³/mol. The third kappa shape index (κ3) is 11.6. The third-order valence-electron chi connectivity index (χ3n) is 2.87. The second-order valence-corrected chi connectivity index (χ2v) is 4.62. The third-order valence-corrected chi connectivity index (χ3v) is 2.87. The molecule has 0 radical (unpaired) electrons. The van der Waals surface area contributed by atoms with Crippen molar-refractivity contribution in [1.29, 1.82) is 0 Å². The molecule has 1 atom stereocenters. The molecule has 4 nitrogen and oxygen atoms in total. The summed E-state index contributed by atoms with van der Waals surface area (Å²) in [6.07, 6.45) is 5.78. The molecular weight excluding hydrogens is 216 g/mol. The van der Waals surface area contributed by atoms with E-state index in [0.717, 1.165) is 45.3 Å². The van der Waals surface area contributed by atoms with Crippen molar-refractivity contribution >= 4 is 5.91 Å². The number of hydrogen-bond acceptors (Lipinski definition) is 3. The second-order valence-electron chi connectivity index (χ2n) is 4.62. The highest BCUT2D eigenvalue weighted by atomic mass is 16.5. The first-order valence-electron chi connectivity index (χ1n) is 6.66. The lowest BCUT2D eigenvalue weighted by Gasteiger charge is -2.09. The summed E-state index contributed by atoms with van der Waals surface area (Å²) in [6, 6.07) is 0. The van der Waals surface area contributed by atoms with E-state index in [0.29, 0.717) is 18.9 Å². The average molecular weight is 244 g/mol. The van der Waals surface area contributed by atoms with Gasteiger partial charge in [0.2, 0.25) is 5.91 Å². The van der Waals surface area contributed by atoms with Gasteiger partial charge in [0, 0.05) is 26.7 Å². The van der Waals surface area contributed by atoms with Gasteiger partial charge in [-0.3, -0.25) is 4.79 Å². The first-order chi connectivity index (χ1) is 8.20. The second kappa shape index (κ2) is 11.9. The van der Waals surface area contributed by atoms with Crippen molar-refractivity contribution in [3.05, 3.63) is 0 Å². The lowest BCUT2D eigenvalue weighted by Crippen LogP contribution is -2.24. The van der Waals surface area contributed by atoms with Crippen LogP contribution in [-0.4, -0.2) is 32.7 Å². The van der Waals surface area contributed by atoms with Gasteiger partial charge in [-0.25, -0.2) is 0 Å². The summed E-state index contributed by atoms with van der Waals surface area (Å²) in [5.41, 5.74) is 5.46. The van der Waals surface area contributed by atoms with Crippen LogP contribution in [0.15, 0.2) is 0 Å². The van der Waals surface area contributed by atoms with Crippen LogP contribution in [0.5, 0.6) is 0 Å². The topological polar surface area (TPSA) is 64.3 Å². The van der Waals surface area contributed by atoms with Gasteiger partial charge < -0.3 is 15.8 Å². The van der Waals surface area contributed by atoms with Crippen molar-refractivity contribution in [1.82, 2.24) is 5.32 Å². The molecule has 1 unspecified atom stereocenters. The van der Waals surface area contributed by atoms with E-state index in [-0.39, 0.29) is 5.91 Å². The summed E-state index contributed by atoms with van der Waals surface area (Å²) in [5, 5.41) is 2.95. The zero-order valence-corrected chi connectivity index (χ0v) is 11.3. The molecule has 0 aromatic rings. The normalized spacial score (nSPS) is 12.4. The standard InChI is InChI=1S/C13H28N2O2/c1-12(8-9-14)6-7-13(16)15-10-4-3-5-11-17-2/h12H,3-11,14H2,1-2H3,(H,15,16). The fourth-order valence-corrected chi connectivity index (χ4v) is 1.67. The highest BCUT2D eigenvalue weighted by Crippen LogP contribution is 2.08. The number of nitrogens with one attached hydrogen (secondary N) is 1. The molecular formula is C13H28N2O2. The van der Waals surface area contributed by atoms with Crippen molar-refractivity contribution in [2.24, 2.45) is 11.7 Å². The van der Waals surface area contributed by atoms with E-state index in [4.69, 9.17) is 10.5 Å².